The Morgan fingerprint density at radius 2 is 0.406 bits per heavy atom. The van der Waals surface area contributed by atoms with Gasteiger partial charge in [-0.2, -0.15) is 0 Å². The van der Waals surface area contributed by atoms with Crippen LogP contribution in [0.1, 0.15) is 20.7 Å². The molecule has 106 heavy (non-hydrogen) atoms. The number of hydrogen-bond donors (Lipinski definition) is 26. The Morgan fingerprint density at radius 3 is 0.575 bits per heavy atom. The van der Waals surface area contributed by atoms with Crippen LogP contribution in [0.5, 0.6) is 0 Å². The zero-order chi connectivity index (χ0) is 76.6. The van der Waals surface area contributed by atoms with Gasteiger partial charge < -0.3 is 209 Å². The molecule has 0 amide bonds. The van der Waals surface area contributed by atoms with E-state index in [0.29, 0.717) is 0 Å². The van der Waals surface area contributed by atoms with Crippen LogP contribution < -0.4 is 10.6 Å². The van der Waals surface area contributed by atoms with E-state index in [1.54, 1.807) is 0 Å². The Morgan fingerprint density at radius 1 is 0.245 bits per heavy atom. The summed E-state index contributed by atoms with van der Waals surface area (Å²) in [7, 11) is 0. The average molecular weight is 1540 g/mol. The summed E-state index contributed by atoms with van der Waals surface area (Å²) >= 11 is 0. The summed E-state index contributed by atoms with van der Waals surface area (Å²) in [6, 6.07) is 10.7. The summed E-state index contributed by atoms with van der Waals surface area (Å²) in [6.45, 7) is -7.99. The first kappa shape index (κ1) is 82.4. The molecule has 0 radical (unpaired) electrons. The third kappa shape index (κ3) is 16.8. The second-order valence-electron chi connectivity index (χ2n) is 26.6. The molecule has 40 atom stereocenters. The van der Waals surface area contributed by atoms with Gasteiger partial charge in [0.05, 0.1) is 50.8 Å². The SMILES string of the molecule is O=C(O)c1ccccc1NC[C@@H]1O[C@@H]2O[C@H]3[C@H](O)[C@@H](O)[C@@H](O[C@H]4[C@H](O)[C@H](O)[C@@H](O[C@H]5[C@H](O)[C@@H](O)[C@@H](O[C@H]6[C@@H](O)[C@@H](O)[C@@H](O[C@H]7[C@H](O)[C@@H](O)[C@@H](O[C@H]8[C@H](O)[C@@H](O)[C@@H](O[C@H]9[C@H](O)[C@@H](O)[C@@H](O[C@H]1[C@H](O)[C@H]2O)O[C@H]9CO)O[C@@H]8CO)O[C@@H]7CO)O[C@@H]6CO)O[C@@H]5CO)O[C@@H]4CO)O[C@@H]3CNc1ccccc1C(=O)O. The first-order chi connectivity index (χ1) is 50.6. The zero-order valence-corrected chi connectivity index (χ0v) is 55.5. The number of benzene rings is 2. The van der Waals surface area contributed by atoms with E-state index in [9.17, 15) is 132 Å². The van der Waals surface area contributed by atoms with Crippen LogP contribution in [0, 0.1) is 0 Å². The fraction of sp³-hybridized carbons (Fsp3) is 0.774. The lowest BCUT2D eigenvalue weighted by atomic mass is 9.94. The molecule has 44 nitrogen and oxygen atoms in total. The van der Waals surface area contributed by atoms with E-state index < -0.39 is 310 Å². The van der Waals surface area contributed by atoms with Crippen LogP contribution >= 0.6 is 0 Å². The Bertz CT molecular complexity index is 3080. The zero-order valence-electron chi connectivity index (χ0n) is 55.5. The van der Waals surface area contributed by atoms with Crippen LogP contribution in [0.15, 0.2) is 48.5 Å². The van der Waals surface area contributed by atoms with Crippen LogP contribution in [0.4, 0.5) is 11.4 Å². The number of aliphatic hydroxyl groups is 22. The third-order valence-electron chi connectivity index (χ3n) is 19.8. The standard InChI is InChI=1S/C62H90N2O42/c65-11-23-47-32(74)40(82)58(94-23)103-49-25(13-67)96-60(42(84)34(49)76)105-51-27(15-69)98-62(44(86)36(51)78)106-52-28(16-70)97-61(43(85)35(52)77)104-50-26(14-68)95-59(41(83)33(50)75)102-48-24(12-66)93-57(39(81)31(48)73)100-46-22(10-64-20-8-4-2-6-18(20)54(89)90)91-55(37(79)29(46)71)99-45-21(92-56(101-47)38(80)30(45)72)9-63-19-7-3-1-5-17(19)53(87)88/h1-8,21-52,55-86H,9-16H2,(H,87,88)(H,89,90)/t21-,22+,23-,24+,25-,26-,27-,28-,29-,30-,31-,32-,33-,34-,35-,36+,37-,38-,39-,40+,41-,42-,43-,44-,45-,46-,47-,48-,49-,50-,51-,52-,55-,56-,57-,58-,59-,60-,61-,62-/m1/s1. The number of ether oxygens (including phenoxy) is 16. The second-order valence-corrected chi connectivity index (χ2v) is 26.6. The average Bonchev–Trinajstić information content (AvgIpc) is 0.772. The van der Waals surface area contributed by atoms with Gasteiger partial charge in [-0.25, -0.2) is 9.59 Å². The Balaban J connectivity index is 0.909. The third-order valence-corrected chi connectivity index (χ3v) is 19.8. The second kappa shape index (κ2) is 35.4. The maximum Gasteiger partial charge on any atom is 0.337 e. The van der Waals surface area contributed by atoms with Crippen molar-refractivity contribution in [2.45, 2.75) is 246 Å². The molecule has 2 aromatic rings. The van der Waals surface area contributed by atoms with Crippen molar-refractivity contribution in [3.63, 3.8) is 0 Å². The van der Waals surface area contributed by atoms with Crippen LogP contribution in [0.2, 0.25) is 0 Å². The number of aromatic carboxylic acids is 2. The molecule has 16 bridgehead atoms. The van der Waals surface area contributed by atoms with E-state index in [0.717, 1.165) is 0 Å². The molecule has 30 saturated heterocycles. The minimum atomic E-state index is -2.36. The lowest BCUT2D eigenvalue weighted by Gasteiger charge is -2.51. The van der Waals surface area contributed by atoms with Crippen molar-refractivity contribution >= 4 is 23.3 Å². The quantitative estimate of drug-likeness (QED) is 0.0835. The van der Waals surface area contributed by atoms with Gasteiger partial charge in [0.1, 0.15) is 195 Å². The molecule has 26 N–H and O–H groups in total. The lowest BCUT2D eigenvalue weighted by molar-refractivity contribution is -0.402. The van der Waals surface area contributed by atoms with Gasteiger partial charge in [0, 0.05) is 24.5 Å². The van der Waals surface area contributed by atoms with Crippen molar-refractivity contribution in [1.82, 2.24) is 0 Å². The van der Waals surface area contributed by atoms with Gasteiger partial charge in [0.15, 0.2) is 50.3 Å². The highest BCUT2D eigenvalue weighted by atomic mass is 16.8. The minimum absolute atomic E-state index is 0.0780. The molecule has 44 heteroatoms. The van der Waals surface area contributed by atoms with Gasteiger partial charge in [-0.1, -0.05) is 24.3 Å². The van der Waals surface area contributed by atoms with Crippen LogP contribution in [0.3, 0.4) is 0 Å². The molecule has 2 aromatic carbocycles. The summed E-state index contributed by atoms with van der Waals surface area (Å²) in [4.78, 5) is 24.7. The fourth-order valence-electron chi connectivity index (χ4n) is 14.0. The van der Waals surface area contributed by atoms with Crippen molar-refractivity contribution in [2.24, 2.45) is 0 Å². The molecule has 600 valence electrons. The molecular formula is C62H90N2O42. The number of aliphatic hydroxyl groups excluding tert-OH is 22. The van der Waals surface area contributed by atoms with Crippen LogP contribution in [0.25, 0.3) is 0 Å². The highest BCUT2D eigenvalue weighted by Crippen LogP contribution is 2.40. The van der Waals surface area contributed by atoms with Gasteiger partial charge in [-0.15, -0.1) is 0 Å². The number of carbonyl (C=O) groups is 2. The number of carboxylic acid groups (broad SMARTS) is 2. The van der Waals surface area contributed by atoms with Crippen molar-refractivity contribution in [3.05, 3.63) is 59.7 Å². The van der Waals surface area contributed by atoms with Gasteiger partial charge in [-0.05, 0) is 24.3 Å². The summed E-state index contributed by atoms with van der Waals surface area (Å²) in [6.07, 6.45) is -84.3. The topological polar surface area (TPSA) is 691 Å². The molecule has 0 saturated carbocycles. The highest BCUT2D eigenvalue weighted by molar-refractivity contribution is 5.94. The Hall–Kier alpha value is -4.54. The van der Waals surface area contributed by atoms with Crippen molar-refractivity contribution in [1.29, 1.82) is 0 Å². The molecule has 30 heterocycles. The molecule has 0 spiro atoms. The predicted octanol–water partition coefficient (Wildman–Crippen LogP) is -13.8. The van der Waals surface area contributed by atoms with E-state index in [2.05, 4.69) is 10.6 Å². The van der Waals surface area contributed by atoms with Crippen LogP contribution in [-0.4, -0.2) is 433 Å². The number of rotatable bonds is 14. The number of hydrogen-bond acceptors (Lipinski definition) is 42. The molecule has 30 aliphatic rings. The summed E-state index contributed by atoms with van der Waals surface area (Å²) < 4.78 is 94.2. The number of anilines is 2. The monoisotopic (exact) mass is 1530 g/mol. The van der Waals surface area contributed by atoms with E-state index in [1.165, 1.54) is 48.5 Å². The van der Waals surface area contributed by atoms with Gasteiger partial charge in [0.25, 0.3) is 0 Å². The summed E-state index contributed by atoms with van der Waals surface area (Å²) in [5.41, 5.74) is -0.771. The lowest BCUT2D eigenvalue weighted by Crippen LogP contribution is -2.69. The van der Waals surface area contributed by atoms with E-state index in [-0.39, 0.29) is 22.5 Å². The van der Waals surface area contributed by atoms with E-state index >= 15 is 0 Å². The predicted molar refractivity (Wildman–Crippen MR) is 331 cm³/mol. The van der Waals surface area contributed by atoms with Crippen molar-refractivity contribution < 1.29 is 208 Å². The number of nitrogens with one attached hydrogen (secondary N) is 2. The summed E-state index contributed by atoms with van der Waals surface area (Å²) in [5.74, 6) is -2.86. The first-order valence-corrected chi connectivity index (χ1v) is 33.7. The molecular weight excluding hydrogens is 1440 g/mol. The van der Waals surface area contributed by atoms with Gasteiger partial charge >= 0.3 is 11.9 Å². The van der Waals surface area contributed by atoms with Gasteiger partial charge in [0.2, 0.25) is 0 Å². The van der Waals surface area contributed by atoms with E-state index in [4.69, 9.17) is 75.8 Å². The normalized spacial score (nSPS) is 47.8. The maximum atomic E-state index is 12.4. The van der Waals surface area contributed by atoms with Crippen molar-refractivity contribution in [2.75, 3.05) is 63.4 Å². The van der Waals surface area contributed by atoms with Crippen molar-refractivity contribution in [3.8, 4) is 0 Å². The minimum Gasteiger partial charge on any atom is -0.478 e. The largest absolute Gasteiger partial charge is 0.478 e. The van der Waals surface area contributed by atoms with Gasteiger partial charge in [-0.3, -0.25) is 0 Å². The molecule has 0 aliphatic carbocycles. The molecule has 30 fully saturated rings. The number of para-hydroxylation sites is 2. The smallest absolute Gasteiger partial charge is 0.337 e. The Labute approximate surface area is 598 Å². The molecule has 0 unspecified atom stereocenters. The first-order valence-electron chi connectivity index (χ1n) is 33.7. The molecule has 32 rings (SSSR count). The maximum absolute atomic E-state index is 12.4. The molecule has 30 aliphatic heterocycles. The summed E-state index contributed by atoms with van der Waals surface area (Å²) in [5, 5.41) is 277. The van der Waals surface area contributed by atoms with E-state index in [1.807, 2.05) is 0 Å². The molecule has 0 aromatic heterocycles. The Kier molecular flexibility index (Phi) is 27.6. The highest BCUT2D eigenvalue weighted by Gasteiger charge is 2.61. The van der Waals surface area contributed by atoms with Crippen LogP contribution in [-0.2, 0) is 75.8 Å². The number of carboxylic acids is 2. The fourth-order valence-corrected chi connectivity index (χ4v) is 14.0.